The number of hydrogen-bond acceptors (Lipinski definition) is 4. The molecule has 1 aliphatic carbocycles. The molecular formula is C15H26N4O2. The van der Waals surface area contributed by atoms with E-state index in [1.165, 1.54) is 0 Å². The largest absolute Gasteiger partial charge is 0.481 e. The van der Waals surface area contributed by atoms with Gasteiger partial charge in [0, 0.05) is 5.92 Å². The van der Waals surface area contributed by atoms with Gasteiger partial charge in [-0.25, -0.2) is 4.68 Å². The van der Waals surface area contributed by atoms with Crippen molar-refractivity contribution < 1.29 is 9.90 Å². The van der Waals surface area contributed by atoms with Gasteiger partial charge in [0.2, 0.25) is 0 Å². The molecular weight excluding hydrogens is 268 g/mol. The van der Waals surface area contributed by atoms with Crippen LogP contribution in [0, 0.1) is 11.3 Å². The van der Waals surface area contributed by atoms with E-state index in [9.17, 15) is 9.90 Å². The second kappa shape index (κ2) is 6.54. The van der Waals surface area contributed by atoms with E-state index in [1.807, 2.05) is 0 Å². The molecule has 6 heteroatoms. The molecule has 0 spiro atoms. The lowest BCUT2D eigenvalue weighted by molar-refractivity contribution is -0.153. The summed E-state index contributed by atoms with van der Waals surface area (Å²) in [6, 6.07) is 0. The van der Waals surface area contributed by atoms with Gasteiger partial charge >= 0.3 is 5.97 Å². The van der Waals surface area contributed by atoms with E-state index < -0.39 is 11.4 Å². The maximum atomic E-state index is 11.8. The van der Waals surface area contributed by atoms with E-state index in [4.69, 9.17) is 0 Å². The van der Waals surface area contributed by atoms with E-state index in [1.54, 1.807) is 4.68 Å². The van der Waals surface area contributed by atoms with Gasteiger partial charge in [0.15, 0.2) is 5.82 Å². The summed E-state index contributed by atoms with van der Waals surface area (Å²) < 4.78 is 1.74. The Kier molecular flexibility index (Phi) is 4.96. The first-order chi connectivity index (χ1) is 10.0. The second-order valence-electron chi connectivity index (χ2n) is 6.48. The molecule has 1 N–H and O–H groups in total. The van der Waals surface area contributed by atoms with Gasteiger partial charge in [-0.1, -0.05) is 20.8 Å². The predicted molar refractivity (Wildman–Crippen MR) is 78.8 cm³/mol. The van der Waals surface area contributed by atoms with Crippen LogP contribution < -0.4 is 0 Å². The number of nitrogens with zero attached hydrogens (tertiary/aromatic N) is 4. The predicted octanol–water partition coefficient (Wildman–Crippen LogP) is 2.86. The van der Waals surface area contributed by atoms with Crippen LogP contribution in [0.1, 0.15) is 71.0 Å². The Morgan fingerprint density at radius 2 is 2.00 bits per heavy atom. The molecule has 1 aromatic heterocycles. The van der Waals surface area contributed by atoms with Gasteiger partial charge in [-0.05, 0) is 54.9 Å². The van der Waals surface area contributed by atoms with E-state index >= 15 is 0 Å². The Hall–Kier alpha value is -1.46. The number of aromatic nitrogens is 4. The summed E-state index contributed by atoms with van der Waals surface area (Å²) in [4.78, 5) is 11.8. The molecule has 6 nitrogen and oxygen atoms in total. The minimum atomic E-state index is -0.708. The normalized spacial score (nSPS) is 26.2. The number of hydrogen-bond donors (Lipinski definition) is 1. The molecule has 1 heterocycles. The molecule has 0 saturated heterocycles. The molecule has 21 heavy (non-hydrogen) atoms. The van der Waals surface area contributed by atoms with E-state index in [2.05, 4.69) is 36.3 Å². The van der Waals surface area contributed by atoms with Crippen LogP contribution >= 0.6 is 0 Å². The van der Waals surface area contributed by atoms with Crippen LogP contribution in [0.3, 0.4) is 0 Å². The molecule has 1 aliphatic rings. The third kappa shape index (κ3) is 3.24. The lowest BCUT2D eigenvalue weighted by Crippen LogP contribution is -2.39. The Balaban J connectivity index is 2.22. The minimum Gasteiger partial charge on any atom is -0.481 e. The third-order valence-electron chi connectivity index (χ3n) is 5.05. The second-order valence-corrected chi connectivity index (χ2v) is 6.48. The summed E-state index contributed by atoms with van der Waals surface area (Å²) in [6.07, 6.45) is 5.29. The van der Waals surface area contributed by atoms with Crippen LogP contribution in [0.4, 0.5) is 0 Å². The molecule has 0 bridgehead atoms. The van der Waals surface area contributed by atoms with Gasteiger partial charge < -0.3 is 5.11 Å². The zero-order valence-electron chi connectivity index (χ0n) is 13.2. The number of rotatable bonds is 6. The minimum absolute atomic E-state index is 0.299. The van der Waals surface area contributed by atoms with Crippen LogP contribution in [0.25, 0.3) is 0 Å². The van der Waals surface area contributed by atoms with Gasteiger partial charge in [-0.2, -0.15) is 0 Å². The third-order valence-corrected chi connectivity index (χ3v) is 5.05. The van der Waals surface area contributed by atoms with Crippen molar-refractivity contribution in [1.82, 2.24) is 20.2 Å². The number of tetrazole rings is 1. The number of carbonyl (C=O) groups is 1. The highest BCUT2D eigenvalue weighted by Gasteiger charge is 2.42. The van der Waals surface area contributed by atoms with Gasteiger partial charge in [-0.15, -0.1) is 5.10 Å². The quantitative estimate of drug-likeness (QED) is 0.872. The Bertz CT molecular complexity index is 474. The molecule has 0 atom stereocenters. The Labute approximate surface area is 125 Å². The average Bonchev–Trinajstić information content (AvgIpc) is 2.91. The summed E-state index contributed by atoms with van der Waals surface area (Å²) in [5, 5.41) is 21.7. The van der Waals surface area contributed by atoms with E-state index in [-0.39, 0.29) is 0 Å². The fraction of sp³-hybridized carbons (Fsp3) is 0.867. The first kappa shape index (κ1) is 15.9. The smallest absolute Gasteiger partial charge is 0.311 e. The standard InChI is InChI=1S/C15H26N4O2/c1-4-12(5-2)13-16-17-18-19(13)10-15(14(20)21)8-6-11(3)7-9-15/h11-12H,4-10H2,1-3H3,(H,20,21). The Morgan fingerprint density at radius 1 is 1.38 bits per heavy atom. The van der Waals surface area contributed by atoms with Crippen LogP contribution in [0.2, 0.25) is 0 Å². The van der Waals surface area contributed by atoms with Crippen molar-refractivity contribution in [2.24, 2.45) is 11.3 Å². The van der Waals surface area contributed by atoms with Crippen molar-refractivity contribution in [1.29, 1.82) is 0 Å². The number of carboxylic acid groups (broad SMARTS) is 1. The van der Waals surface area contributed by atoms with Gasteiger partial charge in [0.25, 0.3) is 0 Å². The van der Waals surface area contributed by atoms with E-state index in [0.717, 1.165) is 31.5 Å². The lowest BCUT2D eigenvalue weighted by Gasteiger charge is -2.35. The topological polar surface area (TPSA) is 80.9 Å². The van der Waals surface area contributed by atoms with Crippen LogP contribution in [0.5, 0.6) is 0 Å². The number of aliphatic carboxylic acids is 1. The number of carboxylic acids is 1. The van der Waals surface area contributed by atoms with Crippen molar-refractivity contribution in [3.05, 3.63) is 5.82 Å². The first-order valence-corrected chi connectivity index (χ1v) is 8.02. The fourth-order valence-corrected chi connectivity index (χ4v) is 3.31. The maximum absolute atomic E-state index is 11.8. The zero-order valence-corrected chi connectivity index (χ0v) is 13.2. The summed E-state index contributed by atoms with van der Waals surface area (Å²) in [6.45, 7) is 6.82. The highest BCUT2D eigenvalue weighted by atomic mass is 16.4. The average molecular weight is 294 g/mol. The lowest BCUT2D eigenvalue weighted by atomic mass is 9.70. The summed E-state index contributed by atoms with van der Waals surface area (Å²) in [5.41, 5.74) is -0.706. The Morgan fingerprint density at radius 3 is 2.52 bits per heavy atom. The molecule has 118 valence electrons. The summed E-state index contributed by atoms with van der Waals surface area (Å²) in [7, 11) is 0. The molecule has 0 amide bonds. The van der Waals surface area contributed by atoms with Crippen molar-refractivity contribution >= 4 is 5.97 Å². The van der Waals surface area contributed by atoms with Gasteiger partial charge in [-0.3, -0.25) is 4.79 Å². The van der Waals surface area contributed by atoms with Crippen LogP contribution in [0.15, 0.2) is 0 Å². The van der Waals surface area contributed by atoms with Gasteiger partial charge in [0.1, 0.15) is 0 Å². The molecule has 0 radical (unpaired) electrons. The molecule has 0 aromatic carbocycles. The highest BCUT2D eigenvalue weighted by Crippen LogP contribution is 2.40. The van der Waals surface area contributed by atoms with Gasteiger partial charge in [0.05, 0.1) is 12.0 Å². The summed E-state index contributed by atoms with van der Waals surface area (Å²) >= 11 is 0. The fourth-order valence-electron chi connectivity index (χ4n) is 3.31. The highest BCUT2D eigenvalue weighted by molar-refractivity contribution is 5.74. The molecule has 1 aromatic rings. The maximum Gasteiger partial charge on any atom is 0.311 e. The van der Waals surface area contributed by atoms with Crippen molar-refractivity contribution in [2.45, 2.75) is 71.8 Å². The van der Waals surface area contributed by atoms with E-state index in [0.29, 0.717) is 31.2 Å². The molecule has 1 saturated carbocycles. The van der Waals surface area contributed by atoms with Crippen LogP contribution in [-0.2, 0) is 11.3 Å². The molecule has 0 aliphatic heterocycles. The molecule has 0 unspecified atom stereocenters. The SMILES string of the molecule is CCC(CC)c1nnnn1CC1(C(=O)O)CCC(C)CC1. The zero-order chi connectivity index (χ0) is 15.5. The summed E-state index contributed by atoms with van der Waals surface area (Å²) in [5.74, 6) is 1.04. The monoisotopic (exact) mass is 294 g/mol. The van der Waals surface area contributed by atoms with Crippen molar-refractivity contribution in [2.75, 3.05) is 0 Å². The molecule has 2 rings (SSSR count). The first-order valence-electron chi connectivity index (χ1n) is 8.02. The van der Waals surface area contributed by atoms with Crippen molar-refractivity contribution in [3.8, 4) is 0 Å². The van der Waals surface area contributed by atoms with Crippen LogP contribution in [-0.4, -0.2) is 31.3 Å². The van der Waals surface area contributed by atoms with Crippen molar-refractivity contribution in [3.63, 3.8) is 0 Å². The molecule has 1 fully saturated rings.